The van der Waals surface area contributed by atoms with Gasteiger partial charge < -0.3 is 29.3 Å². The highest BCUT2D eigenvalue weighted by Crippen LogP contribution is 2.36. The molecule has 178 valence electrons. The van der Waals surface area contributed by atoms with Crippen LogP contribution in [0, 0.1) is 0 Å². The number of hydrogen-bond acceptors (Lipinski definition) is 8. The second-order valence-electron chi connectivity index (χ2n) is 10.0. The highest BCUT2D eigenvalue weighted by molar-refractivity contribution is 6.61. The first-order valence-corrected chi connectivity index (χ1v) is 11.5. The quantitative estimate of drug-likeness (QED) is 0.588. The largest absolute Gasteiger partial charge is 0.498 e. The molecule has 32 heavy (non-hydrogen) atoms. The van der Waals surface area contributed by atoms with Crippen LogP contribution in [0.5, 0.6) is 0 Å². The molecule has 0 bridgehead atoms. The third-order valence-corrected chi connectivity index (χ3v) is 6.84. The first-order valence-electron chi connectivity index (χ1n) is 11.5. The molecule has 0 unspecified atom stereocenters. The third kappa shape index (κ3) is 5.08. The van der Waals surface area contributed by atoms with Crippen LogP contribution in [0.1, 0.15) is 60.8 Å². The minimum atomic E-state index is -1.38. The summed E-state index contributed by atoms with van der Waals surface area (Å²) in [5.74, 6) is 0.152. The van der Waals surface area contributed by atoms with Gasteiger partial charge in [-0.3, -0.25) is 4.79 Å². The Labute approximate surface area is 191 Å². The molecule has 1 amide bonds. The SMILES string of the molecule is CC(C)N(C[C@@H]1CCCCN1C(=O)[C@H](O)CO)c1ncc(B2OC(C)(C)C(C)(C)O2)cn1. The standard InChI is InChI=1S/C22H37BN4O5/c1-15(2)27(13-17-9-7-8-10-26(17)19(30)18(29)14-28)20-24-11-16(12-25-20)23-31-21(3,4)22(5,6)32-23/h11-12,15,17-18,28-29H,7-10,13-14H2,1-6H3/t17-,18+/m0/s1. The van der Waals surface area contributed by atoms with Crippen molar-refractivity contribution in [3.05, 3.63) is 12.4 Å². The minimum absolute atomic E-state index is 0.0776. The minimum Gasteiger partial charge on any atom is -0.399 e. The molecule has 2 aliphatic rings. The average molecular weight is 448 g/mol. The number of anilines is 1. The number of amides is 1. The Hall–Kier alpha value is -1.75. The zero-order valence-electron chi connectivity index (χ0n) is 20.1. The van der Waals surface area contributed by atoms with Gasteiger partial charge in [0, 0.05) is 43.0 Å². The molecule has 0 aliphatic carbocycles. The molecule has 3 heterocycles. The van der Waals surface area contributed by atoms with Crippen LogP contribution < -0.4 is 10.4 Å². The number of piperidine rings is 1. The van der Waals surface area contributed by atoms with Gasteiger partial charge in [-0.1, -0.05) is 0 Å². The lowest BCUT2D eigenvalue weighted by atomic mass is 9.81. The number of carbonyl (C=O) groups excluding carboxylic acids is 1. The fourth-order valence-electron chi connectivity index (χ4n) is 4.08. The predicted octanol–water partition coefficient (Wildman–Crippen LogP) is 0.725. The monoisotopic (exact) mass is 448 g/mol. The Morgan fingerprint density at radius 3 is 2.34 bits per heavy atom. The van der Waals surface area contributed by atoms with E-state index in [0.29, 0.717) is 19.0 Å². The summed E-state index contributed by atoms with van der Waals surface area (Å²) in [6, 6.07) is 0.0329. The summed E-state index contributed by atoms with van der Waals surface area (Å²) in [6.07, 6.45) is 4.83. The number of aromatic nitrogens is 2. The van der Waals surface area contributed by atoms with Crippen molar-refractivity contribution in [3.8, 4) is 0 Å². The van der Waals surface area contributed by atoms with E-state index in [1.807, 2.05) is 27.7 Å². The third-order valence-electron chi connectivity index (χ3n) is 6.84. The van der Waals surface area contributed by atoms with Gasteiger partial charge in [0.05, 0.1) is 17.8 Å². The number of carbonyl (C=O) groups is 1. The topological polar surface area (TPSA) is 108 Å². The number of nitrogens with zero attached hydrogens (tertiary/aromatic N) is 4. The molecule has 0 spiro atoms. The van der Waals surface area contributed by atoms with E-state index < -0.39 is 36.9 Å². The average Bonchev–Trinajstić information content (AvgIpc) is 2.98. The molecule has 3 rings (SSSR count). The van der Waals surface area contributed by atoms with E-state index in [-0.39, 0.29) is 12.1 Å². The molecule has 0 saturated carbocycles. The number of aliphatic hydroxyl groups excluding tert-OH is 2. The zero-order valence-corrected chi connectivity index (χ0v) is 20.1. The van der Waals surface area contributed by atoms with Gasteiger partial charge >= 0.3 is 7.12 Å². The van der Waals surface area contributed by atoms with Crippen LogP contribution >= 0.6 is 0 Å². The Morgan fingerprint density at radius 2 is 1.81 bits per heavy atom. The molecule has 10 heteroatoms. The van der Waals surface area contributed by atoms with Crippen LogP contribution in [0.25, 0.3) is 0 Å². The maximum absolute atomic E-state index is 12.6. The number of aliphatic hydroxyl groups is 2. The van der Waals surface area contributed by atoms with Crippen LogP contribution in [0.15, 0.2) is 12.4 Å². The van der Waals surface area contributed by atoms with Gasteiger partial charge in [0.1, 0.15) is 0 Å². The van der Waals surface area contributed by atoms with Gasteiger partial charge in [0.15, 0.2) is 6.10 Å². The van der Waals surface area contributed by atoms with E-state index >= 15 is 0 Å². The van der Waals surface area contributed by atoms with Crippen molar-refractivity contribution in [1.29, 1.82) is 0 Å². The van der Waals surface area contributed by atoms with Crippen LogP contribution in [0.2, 0.25) is 0 Å². The molecule has 1 aromatic heterocycles. The van der Waals surface area contributed by atoms with E-state index in [1.165, 1.54) is 0 Å². The molecule has 9 nitrogen and oxygen atoms in total. The summed E-state index contributed by atoms with van der Waals surface area (Å²) in [5, 5.41) is 19.1. The normalized spacial score (nSPS) is 23.5. The highest BCUT2D eigenvalue weighted by Gasteiger charge is 2.52. The Bertz CT molecular complexity index is 773. The maximum atomic E-state index is 12.6. The van der Waals surface area contributed by atoms with Crippen molar-refractivity contribution in [2.45, 2.75) is 90.2 Å². The lowest BCUT2D eigenvalue weighted by Crippen LogP contribution is -2.54. The van der Waals surface area contributed by atoms with Crippen molar-refractivity contribution in [2.75, 3.05) is 24.6 Å². The van der Waals surface area contributed by atoms with Crippen LogP contribution in [-0.4, -0.2) is 87.2 Å². The molecule has 2 N–H and O–H groups in total. The smallest absolute Gasteiger partial charge is 0.399 e. The summed E-state index contributed by atoms with van der Waals surface area (Å²) in [5.41, 5.74) is -0.107. The van der Waals surface area contributed by atoms with Gasteiger partial charge in [0.25, 0.3) is 5.91 Å². The second-order valence-corrected chi connectivity index (χ2v) is 10.0. The fraction of sp³-hybridized carbons (Fsp3) is 0.773. The molecule has 2 aliphatic heterocycles. The zero-order chi connectivity index (χ0) is 23.7. The summed E-state index contributed by atoms with van der Waals surface area (Å²) in [7, 11) is -0.520. The number of likely N-dealkylation sites (tertiary alicyclic amines) is 1. The maximum Gasteiger partial charge on any atom is 0.498 e. The lowest BCUT2D eigenvalue weighted by molar-refractivity contribution is -0.145. The molecule has 2 saturated heterocycles. The summed E-state index contributed by atoms with van der Waals surface area (Å²) >= 11 is 0. The summed E-state index contributed by atoms with van der Waals surface area (Å²) < 4.78 is 12.2. The van der Waals surface area contributed by atoms with Crippen molar-refractivity contribution >= 4 is 24.4 Å². The predicted molar refractivity (Wildman–Crippen MR) is 123 cm³/mol. The van der Waals surface area contributed by atoms with Crippen LogP contribution in [0.4, 0.5) is 5.95 Å². The van der Waals surface area contributed by atoms with Crippen molar-refractivity contribution in [1.82, 2.24) is 14.9 Å². The Balaban J connectivity index is 1.75. The van der Waals surface area contributed by atoms with Gasteiger partial charge in [-0.25, -0.2) is 9.97 Å². The van der Waals surface area contributed by atoms with Gasteiger partial charge in [-0.05, 0) is 60.8 Å². The Morgan fingerprint density at radius 1 is 1.22 bits per heavy atom. The molecule has 1 aromatic rings. The molecular formula is C22H37BN4O5. The van der Waals surface area contributed by atoms with E-state index in [0.717, 1.165) is 24.7 Å². The van der Waals surface area contributed by atoms with E-state index in [4.69, 9.17) is 9.31 Å². The highest BCUT2D eigenvalue weighted by atomic mass is 16.7. The molecule has 0 radical (unpaired) electrons. The van der Waals surface area contributed by atoms with E-state index in [2.05, 4.69) is 28.7 Å². The lowest BCUT2D eigenvalue weighted by Gasteiger charge is -2.40. The summed E-state index contributed by atoms with van der Waals surface area (Å²) in [6.45, 7) is 12.7. The Kier molecular flexibility index (Phi) is 7.49. The number of hydrogen-bond donors (Lipinski definition) is 2. The van der Waals surface area contributed by atoms with Crippen molar-refractivity contribution in [2.24, 2.45) is 0 Å². The van der Waals surface area contributed by atoms with Crippen LogP contribution in [-0.2, 0) is 14.1 Å². The molecule has 2 atom stereocenters. The van der Waals surface area contributed by atoms with Crippen LogP contribution in [0.3, 0.4) is 0 Å². The summed E-state index contributed by atoms with van der Waals surface area (Å²) in [4.78, 5) is 25.5. The van der Waals surface area contributed by atoms with Gasteiger partial charge in [0.2, 0.25) is 5.95 Å². The second kappa shape index (κ2) is 9.63. The first kappa shape index (κ1) is 24.9. The molecule has 2 fully saturated rings. The molecular weight excluding hydrogens is 411 g/mol. The van der Waals surface area contributed by atoms with E-state index in [9.17, 15) is 15.0 Å². The fourth-order valence-corrected chi connectivity index (χ4v) is 4.08. The number of rotatable bonds is 7. The first-order chi connectivity index (χ1) is 15.0. The molecule has 0 aromatic carbocycles. The van der Waals surface area contributed by atoms with Crippen molar-refractivity contribution in [3.63, 3.8) is 0 Å². The van der Waals surface area contributed by atoms with Gasteiger partial charge in [-0.15, -0.1) is 0 Å². The van der Waals surface area contributed by atoms with E-state index in [1.54, 1.807) is 17.3 Å². The van der Waals surface area contributed by atoms with Crippen molar-refractivity contribution < 1.29 is 24.3 Å². The van der Waals surface area contributed by atoms with Gasteiger partial charge in [-0.2, -0.15) is 0 Å².